The van der Waals surface area contributed by atoms with Crippen LogP contribution >= 0.6 is 0 Å². The van der Waals surface area contributed by atoms with Gasteiger partial charge in [0.1, 0.15) is 5.75 Å². The number of ether oxygens (including phenoxy) is 3. The molecule has 0 heterocycles. The Morgan fingerprint density at radius 2 is 1.38 bits per heavy atom. The summed E-state index contributed by atoms with van der Waals surface area (Å²) in [6, 6.07) is 18.4. The van der Waals surface area contributed by atoms with E-state index in [0.29, 0.717) is 6.61 Å². The first-order valence-corrected chi connectivity index (χ1v) is 13.9. The zero-order valence-electron chi connectivity index (χ0n) is 23.2. The van der Waals surface area contributed by atoms with Crippen LogP contribution < -0.4 is 9.47 Å². The number of carbonyl (C=O) groups is 2. The van der Waals surface area contributed by atoms with Gasteiger partial charge in [0.2, 0.25) is 0 Å². The van der Waals surface area contributed by atoms with E-state index in [9.17, 15) is 14.0 Å². The molecular formula is C33H39FO5. The summed E-state index contributed by atoms with van der Waals surface area (Å²) in [5.41, 5.74) is 2.28. The number of esters is 2. The quantitative estimate of drug-likeness (QED) is 0.111. The third kappa shape index (κ3) is 9.54. The summed E-state index contributed by atoms with van der Waals surface area (Å²) in [6.07, 6.45) is 8.23. The van der Waals surface area contributed by atoms with E-state index in [0.717, 1.165) is 35.8 Å². The van der Waals surface area contributed by atoms with Gasteiger partial charge < -0.3 is 14.2 Å². The molecule has 0 unspecified atom stereocenters. The van der Waals surface area contributed by atoms with Crippen LogP contribution in [0.25, 0.3) is 11.1 Å². The summed E-state index contributed by atoms with van der Waals surface area (Å²) < 4.78 is 30.8. The lowest BCUT2D eigenvalue weighted by atomic mass is 10.0. The molecule has 0 radical (unpaired) electrons. The number of carbonyl (C=O) groups excluding carboxylic acids is 2. The van der Waals surface area contributed by atoms with E-state index in [-0.39, 0.29) is 29.4 Å². The second-order valence-corrected chi connectivity index (χ2v) is 9.86. The van der Waals surface area contributed by atoms with Crippen molar-refractivity contribution in [1.82, 2.24) is 0 Å². The summed E-state index contributed by atoms with van der Waals surface area (Å²) >= 11 is 0. The van der Waals surface area contributed by atoms with Gasteiger partial charge in [0.15, 0.2) is 11.6 Å². The van der Waals surface area contributed by atoms with E-state index in [1.807, 2.05) is 50.2 Å². The second-order valence-electron chi connectivity index (χ2n) is 9.86. The van der Waals surface area contributed by atoms with Crippen LogP contribution in [0.3, 0.4) is 0 Å². The first-order valence-electron chi connectivity index (χ1n) is 13.9. The van der Waals surface area contributed by atoms with Crippen molar-refractivity contribution in [3.63, 3.8) is 0 Å². The van der Waals surface area contributed by atoms with Gasteiger partial charge in [0, 0.05) is 0 Å². The minimum atomic E-state index is -0.809. The molecule has 0 aliphatic heterocycles. The molecule has 0 aromatic heterocycles. The Labute approximate surface area is 231 Å². The van der Waals surface area contributed by atoms with Crippen molar-refractivity contribution >= 4 is 11.9 Å². The Bertz CT molecular complexity index is 1190. The number of hydrogen-bond donors (Lipinski definition) is 0. The maximum Gasteiger partial charge on any atom is 0.343 e. The molecule has 0 bridgehead atoms. The van der Waals surface area contributed by atoms with Gasteiger partial charge >= 0.3 is 11.9 Å². The van der Waals surface area contributed by atoms with Gasteiger partial charge in [-0.3, -0.25) is 0 Å². The lowest BCUT2D eigenvalue weighted by Gasteiger charge is -2.11. The van der Waals surface area contributed by atoms with Gasteiger partial charge in [-0.2, -0.15) is 0 Å². The third-order valence-electron chi connectivity index (χ3n) is 6.64. The van der Waals surface area contributed by atoms with Crippen molar-refractivity contribution in [1.29, 1.82) is 0 Å². The molecule has 0 fully saturated rings. The molecule has 0 spiro atoms. The van der Waals surface area contributed by atoms with E-state index < -0.39 is 17.8 Å². The lowest BCUT2D eigenvalue weighted by molar-refractivity contribution is 0.0446. The Morgan fingerprint density at radius 1 is 0.769 bits per heavy atom. The fourth-order valence-electron chi connectivity index (χ4n) is 3.90. The molecule has 3 aromatic carbocycles. The average molecular weight is 535 g/mol. The fraction of sp³-hybridized carbons (Fsp3) is 0.394. The average Bonchev–Trinajstić information content (AvgIpc) is 2.96. The molecule has 5 nitrogen and oxygen atoms in total. The number of hydrogen-bond acceptors (Lipinski definition) is 5. The molecule has 0 aliphatic carbocycles. The van der Waals surface area contributed by atoms with Crippen LogP contribution in [0.4, 0.5) is 4.39 Å². The highest BCUT2D eigenvalue weighted by Gasteiger charge is 2.16. The molecule has 0 saturated heterocycles. The molecule has 0 N–H and O–H groups in total. The summed E-state index contributed by atoms with van der Waals surface area (Å²) in [4.78, 5) is 24.7. The maximum atomic E-state index is 14.5. The summed E-state index contributed by atoms with van der Waals surface area (Å²) in [6.45, 7) is 7.16. The fourth-order valence-corrected chi connectivity index (χ4v) is 3.90. The van der Waals surface area contributed by atoms with Crippen molar-refractivity contribution in [2.24, 2.45) is 5.92 Å². The van der Waals surface area contributed by atoms with Gasteiger partial charge in [0.25, 0.3) is 0 Å². The maximum absolute atomic E-state index is 14.5. The first-order chi connectivity index (χ1) is 18.9. The van der Waals surface area contributed by atoms with Crippen LogP contribution in [-0.2, 0) is 4.74 Å². The zero-order valence-corrected chi connectivity index (χ0v) is 23.2. The molecule has 39 heavy (non-hydrogen) atoms. The van der Waals surface area contributed by atoms with Gasteiger partial charge in [-0.15, -0.1) is 0 Å². The monoisotopic (exact) mass is 534 g/mol. The minimum absolute atomic E-state index is 0.0683. The van der Waals surface area contributed by atoms with Crippen LogP contribution in [0.15, 0.2) is 66.7 Å². The van der Waals surface area contributed by atoms with Crippen molar-refractivity contribution in [3.05, 3.63) is 83.7 Å². The first kappa shape index (κ1) is 29.9. The molecule has 3 rings (SSSR count). The van der Waals surface area contributed by atoms with Crippen molar-refractivity contribution < 1.29 is 28.2 Å². The Balaban J connectivity index is 1.51. The minimum Gasteiger partial charge on any atom is -0.494 e. The van der Waals surface area contributed by atoms with Crippen molar-refractivity contribution in [2.75, 3.05) is 13.2 Å². The molecule has 3 aromatic rings. The predicted octanol–water partition coefficient (Wildman–Crippen LogP) is 8.65. The largest absolute Gasteiger partial charge is 0.494 e. The molecule has 6 heteroatoms. The highest BCUT2D eigenvalue weighted by molar-refractivity contribution is 5.92. The topological polar surface area (TPSA) is 61.8 Å². The highest BCUT2D eigenvalue weighted by Crippen LogP contribution is 2.25. The van der Waals surface area contributed by atoms with E-state index in [4.69, 9.17) is 14.2 Å². The molecular weight excluding hydrogens is 495 g/mol. The van der Waals surface area contributed by atoms with E-state index in [1.165, 1.54) is 44.2 Å². The second kappa shape index (κ2) is 15.7. The predicted molar refractivity (Wildman–Crippen MR) is 152 cm³/mol. The van der Waals surface area contributed by atoms with Crippen LogP contribution in [0, 0.1) is 11.7 Å². The van der Waals surface area contributed by atoms with E-state index in [1.54, 1.807) is 12.1 Å². The third-order valence-corrected chi connectivity index (χ3v) is 6.64. The van der Waals surface area contributed by atoms with Crippen LogP contribution in [0.5, 0.6) is 11.5 Å². The normalized spacial score (nSPS) is 11.6. The summed E-state index contributed by atoms with van der Waals surface area (Å²) in [5.74, 6) is -1.30. The highest BCUT2D eigenvalue weighted by atomic mass is 19.1. The Kier molecular flexibility index (Phi) is 12.0. The summed E-state index contributed by atoms with van der Waals surface area (Å²) in [5, 5.41) is 0. The standard InChI is InChI=1S/C33H39FO5/c1-4-6-7-8-9-10-21-37-29-18-15-26(16-19-29)25-11-13-27(14-12-25)33(36)39-31-20-17-28(22-30(31)34)32(35)38-23-24(3)5-2/h11-20,22,24H,4-10,21,23H2,1-3H3/t24-/m0/s1. The number of benzene rings is 3. The Hall–Kier alpha value is -3.67. The Morgan fingerprint density at radius 3 is 2.03 bits per heavy atom. The van der Waals surface area contributed by atoms with Crippen LogP contribution in [0.2, 0.25) is 0 Å². The van der Waals surface area contributed by atoms with Gasteiger partial charge in [-0.1, -0.05) is 83.6 Å². The zero-order chi connectivity index (χ0) is 28.0. The number of rotatable bonds is 15. The molecule has 0 amide bonds. The van der Waals surface area contributed by atoms with Crippen molar-refractivity contribution in [3.8, 4) is 22.6 Å². The summed E-state index contributed by atoms with van der Waals surface area (Å²) in [7, 11) is 0. The van der Waals surface area contributed by atoms with Gasteiger partial charge in [-0.25, -0.2) is 14.0 Å². The molecule has 1 atom stereocenters. The van der Waals surface area contributed by atoms with Gasteiger partial charge in [-0.05, 0) is 65.9 Å². The smallest absolute Gasteiger partial charge is 0.343 e. The van der Waals surface area contributed by atoms with Crippen LogP contribution in [-0.4, -0.2) is 25.2 Å². The van der Waals surface area contributed by atoms with E-state index >= 15 is 0 Å². The lowest BCUT2D eigenvalue weighted by Crippen LogP contribution is -2.13. The SMILES string of the molecule is CCCCCCCCOc1ccc(-c2ccc(C(=O)Oc3ccc(C(=O)OC[C@@H](C)CC)cc3F)cc2)cc1. The van der Waals surface area contributed by atoms with Gasteiger partial charge in [0.05, 0.1) is 24.3 Å². The molecule has 208 valence electrons. The number of halogens is 1. The van der Waals surface area contributed by atoms with Crippen molar-refractivity contribution in [2.45, 2.75) is 65.7 Å². The van der Waals surface area contributed by atoms with E-state index in [2.05, 4.69) is 6.92 Å². The number of unbranched alkanes of at least 4 members (excludes halogenated alkanes) is 5. The molecule has 0 aliphatic rings. The van der Waals surface area contributed by atoms with Crippen LogP contribution in [0.1, 0.15) is 86.4 Å². The molecule has 0 saturated carbocycles.